The molecule has 0 saturated carbocycles. The predicted octanol–water partition coefficient (Wildman–Crippen LogP) is 2.53. The number of benzene rings is 1. The van der Waals surface area contributed by atoms with Crippen LogP contribution >= 0.6 is 0 Å². The predicted molar refractivity (Wildman–Crippen MR) is 116 cm³/mol. The minimum Gasteiger partial charge on any atom is -0.365 e. The Kier molecular flexibility index (Phi) is 5.70. The van der Waals surface area contributed by atoms with Crippen molar-refractivity contribution in [2.75, 3.05) is 29.5 Å². The van der Waals surface area contributed by atoms with Crippen LogP contribution in [0.5, 0.6) is 0 Å². The maximum Gasteiger partial charge on any atom is 0.433 e. The maximum atomic E-state index is 13.2. The Morgan fingerprint density at radius 3 is 2.55 bits per heavy atom. The summed E-state index contributed by atoms with van der Waals surface area (Å²) in [5.41, 5.74) is 5.58. The second-order valence-corrected chi connectivity index (χ2v) is 7.97. The van der Waals surface area contributed by atoms with Crippen LogP contribution in [0, 0.1) is 6.92 Å². The van der Waals surface area contributed by atoms with Crippen LogP contribution in [0.15, 0.2) is 30.1 Å². The molecule has 2 aliphatic rings. The van der Waals surface area contributed by atoms with Gasteiger partial charge in [0, 0.05) is 11.4 Å². The average molecular weight is 461 g/mol. The molecule has 3 heterocycles. The van der Waals surface area contributed by atoms with Gasteiger partial charge in [-0.15, -0.1) is 0 Å². The molecule has 1 saturated heterocycles. The highest BCUT2D eigenvalue weighted by molar-refractivity contribution is 6.20. The van der Waals surface area contributed by atoms with Gasteiger partial charge in [-0.2, -0.15) is 13.2 Å². The van der Waals surface area contributed by atoms with Crippen molar-refractivity contribution in [2.24, 2.45) is 5.73 Å². The number of amides is 2. The Morgan fingerprint density at radius 1 is 1.18 bits per heavy atom. The molecule has 0 spiro atoms. The third kappa shape index (κ3) is 4.60. The summed E-state index contributed by atoms with van der Waals surface area (Å²) >= 11 is 0. The number of hydrogen-bond acceptors (Lipinski definition) is 7. The summed E-state index contributed by atoms with van der Waals surface area (Å²) in [5, 5.41) is 8.72. The number of nitrogens with one attached hydrogen (secondary N) is 3. The molecule has 0 aliphatic carbocycles. The topological polar surface area (TPSA) is 125 Å². The Morgan fingerprint density at radius 2 is 1.91 bits per heavy atom. The number of nitrogens with two attached hydrogens (primary N) is 1. The second kappa shape index (κ2) is 8.35. The molecule has 1 aromatic carbocycles. The zero-order chi connectivity index (χ0) is 23.9. The van der Waals surface area contributed by atoms with Gasteiger partial charge in [-0.3, -0.25) is 14.5 Å². The standard InChI is InChI=1S/C21H22F3N7O2/c1-10-8-15(21(22,23)24)30-18(26-10)16(17(25)32)19-28-12-6-5-11(9-13(12)29-19)27-20(33)14-4-3-7-31(14)2/h5-6,8-9,14,28-29H,3-4,7H2,1-2H3,(H2,25,32)(H,27,33)/b19-16+/t14-/m0/s1. The van der Waals surface area contributed by atoms with E-state index in [0.29, 0.717) is 17.1 Å². The number of carbonyl (C=O) groups is 2. The van der Waals surface area contributed by atoms with E-state index in [-0.39, 0.29) is 29.0 Å². The van der Waals surface area contributed by atoms with Gasteiger partial charge in [0.2, 0.25) is 5.91 Å². The van der Waals surface area contributed by atoms with Gasteiger partial charge in [0.1, 0.15) is 17.1 Å². The number of nitrogens with zero attached hydrogens (tertiary/aromatic N) is 3. The number of likely N-dealkylation sites (N-methyl/N-ethyl adjacent to an activating group) is 1. The molecule has 1 fully saturated rings. The van der Waals surface area contributed by atoms with Gasteiger partial charge < -0.3 is 21.7 Å². The molecular weight excluding hydrogens is 439 g/mol. The van der Waals surface area contributed by atoms with Gasteiger partial charge in [-0.05, 0) is 57.6 Å². The van der Waals surface area contributed by atoms with Crippen LogP contribution in [0.2, 0.25) is 0 Å². The van der Waals surface area contributed by atoms with Gasteiger partial charge >= 0.3 is 6.18 Å². The third-order valence-electron chi connectivity index (χ3n) is 5.49. The average Bonchev–Trinajstić information content (AvgIpc) is 3.32. The van der Waals surface area contributed by atoms with Crippen LogP contribution in [0.3, 0.4) is 0 Å². The fraction of sp³-hybridized carbons (Fsp3) is 0.333. The first-order chi connectivity index (χ1) is 15.5. The largest absolute Gasteiger partial charge is 0.433 e. The summed E-state index contributed by atoms with van der Waals surface area (Å²) in [6.07, 6.45) is -2.99. The number of anilines is 3. The fourth-order valence-electron chi connectivity index (χ4n) is 3.90. The molecule has 2 aromatic rings. The van der Waals surface area contributed by atoms with Crippen molar-refractivity contribution >= 4 is 34.4 Å². The lowest BCUT2D eigenvalue weighted by molar-refractivity contribution is -0.141. The van der Waals surface area contributed by atoms with Crippen molar-refractivity contribution in [3.05, 3.63) is 47.3 Å². The number of primary amides is 1. The minimum atomic E-state index is -4.71. The number of aryl methyl sites for hydroxylation is 1. The molecule has 5 N–H and O–H groups in total. The molecule has 174 valence electrons. The Hall–Kier alpha value is -3.67. The lowest BCUT2D eigenvalue weighted by Crippen LogP contribution is -2.37. The van der Waals surface area contributed by atoms with Crippen molar-refractivity contribution in [3.63, 3.8) is 0 Å². The van der Waals surface area contributed by atoms with E-state index >= 15 is 0 Å². The molecule has 0 unspecified atom stereocenters. The molecule has 1 aromatic heterocycles. The molecule has 2 amide bonds. The maximum absolute atomic E-state index is 13.2. The highest BCUT2D eigenvalue weighted by atomic mass is 19.4. The number of hydrogen-bond donors (Lipinski definition) is 4. The first-order valence-electron chi connectivity index (χ1n) is 10.2. The Bertz CT molecular complexity index is 1160. The number of halogens is 3. The molecule has 4 rings (SSSR count). The first kappa shape index (κ1) is 22.5. The van der Waals surface area contributed by atoms with Gasteiger partial charge in [-0.25, -0.2) is 9.97 Å². The monoisotopic (exact) mass is 461 g/mol. The van der Waals surface area contributed by atoms with Crippen molar-refractivity contribution in [1.82, 2.24) is 14.9 Å². The normalized spacial score (nSPS) is 19.5. The van der Waals surface area contributed by atoms with E-state index in [1.54, 1.807) is 18.2 Å². The number of carbonyl (C=O) groups excluding carboxylic acids is 2. The summed E-state index contributed by atoms with van der Waals surface area (Å²) in [6.45, 7) is 2.22. The molecule has 2 aliphatic heterocycles. The summed E-state index contributed by atoms with van der Waals surface area (Å²) in [6, 6.07) is 5.58. The number of alkyl halides is 3. The lowest BCUT2D eigenvalue weighted by Gasteiger charge is -2.18. The van der Waals surface area contributed by atoms with Crippen LogP contribution in [0.25, 0.3) is 5.57 Å². The summed E-state index contributed by atoms with van der Waals surface area (Å²) in [5.74, 6) is -1.53. The van der Waals surface area contributed by atoms with E-state index in [9.17, 15) is 22.8 Å². The third-order valence-corrected chi connectivity index (χ3v) is 5.49. The number of fused-ring (bicyclic) bond motifs is 1. The molecule has 33 heavy (non-hydrogen) atoms. The summed E-state index contributed by atoms with van der Waals surface area (Å²) < 4.78 is 39.6. The van der Waals surface area contributed by atoms with Crippen molar-refractivity contribution < 1.29 is 22.8 Å². The smallest absolute Gasteiger partial charge is 0.365 e. The Balaban J connectivity index is 1.63. The SMILES string of the molecule is Cc1cc(C(F)(F)F)nc(/C(C(N)=O)=C2\Nc3ccc(NC(=O)[C@@H]4CCCN4C)cc3N2)n1. The number of rotatable bonds is 4. The molecule has 0 radical (unpaired) electrons. The van der Waals surface area contributed by atoms with Crippen molar-refractivity contribution in [1.29, 1.82) is 0 Å². The van der Waals surface area contributed by atoms with Crippen molar-refractivity contribution in [2.45, 2.75) is 32.0 Å². The van der Waals surface area contributed by atoms with E-state index in [4.69, 9.17) is 5.73 Å². The van der Waals surface area contributed by atoms with Gasteiger partial charge in [-0.1, -0.05) is 0 Å². The second-order valence-electron chi connectivity index (χ2n) is 7.97. The Labute approximate surface area is 187 Å². The van der Waals surface area contributed by atoms with E-state index in [1.807, 2.05) is 11.9 Å². The van der Waals surface area contributed by atoms with Gasteiger partial charge in [0.15, 0.2) is 5.82 Å². The van der Waals surface area contributed by atoms with Crippen LogP contribution in [0.4, 0.5) is 30.2 Å². The van der Waals surface area contributed by atoms with Crippen LogP contribution < -0.4 is 21.7 Å². The van der Waals surface area contributed by atoms with E-state index in [2.05, 4.69) is 25.9 Å². The van der Waals surface area contributed by atoms with Crippen molar-refractivity contribution in [3.8, 4) is 0 Å². The van der Waals surface area contributed by atoms with E-state index < -0.39 is 23.6 Å². The number of likely N-dealkylation sites (tertiary alicyclic amines) is 1. The van der Waals surface area contributed by atoms with E-state index in [0.717, 1.165) is 25.5 Å². The molecule has 12 heteroatoms. The van der Waals surface area contributed by atoms with Gasteiger partial charge in [0.25, 0.3) is 5.91 Å². The zero-order valence-corrected chi connectivity index (χ0v) is 17.9. The number of aromatic nitrogens is 2. The molecule has 9 nitrogen and oxygen atoms in total. The summed E-state index contributed by atoms with van der Waals surface area (Å²) in [4.78, 5) is 34.2. The summed E-state index contributed by atoms with van der Waals surface area (Å²) in [7, 11) is 1.89. The molecule has 1 atom stereocenters. The van der Waals surface area contributed by atoms with Crippen LogP contribution in [-0.2, 0) is 15.8 Å². The highest BCUT2D eigenvalue weighted by Gasteiger charge is 2.35. The van der Waals surface area contributed by atoms with Crippen LogP contribution in [-0.4, -0.2) is 46.3 Å². The lowest BCUT2D eigenvalue weighted by atomic mass is 10.2. The zero-order valence-electron chi connectivity index (χ0n) is 17.9. The minimum absolute atomic E-state index is 0.0315. The highest BCUT2D eigenvalue weighted by Crippen LogP contribution is 2.36. The fourth-order valence-corrected chi connectivity index (χ4v) is 3.90. The first-order valence-corrected chi connectivity index (χ1v) is 10.2. The van der Waals surface area contributed by atoms with Crippen LogP contribution in [0.1, 0.15) is 30.1 Å². The molecule has 0 bridgehead atoms. The van der Waals surface area contributed by atoms with Gasteiger partial charge in [0.05, 0.1) is 17.4 Å². The van der Waals surface area contributed by atoms with E-state index in [1.165, 1.54) is 6.92 Å². The quantitative estimate of drug-likeness (QED) is 0.516. The molecular formula is C21H22F3N7O2.